The van der Waals surface area contributed by atoms with Crippen LogP contribution >= 0.6 is 0 Å². The molecular weight excluding hydrogens is 266 g/mol. The van der Waals surface area contributed by atoms with Gasteiger partial charge in [0.25, 0.3) is 0 Å². The van der Waals surface area contributed by atoms with Crippen molar-refractivity contribution >= 4 is 5.91 Å². The maximum atomic E-state index is 13.1. The van der Waals surface area contributed by atoms with E-state index in [9.17, 15) is 4.79 Å². The van der Waals surface area contributed by atoms with Gasteiger partial charge in [-0.25, -0.2) is 0 Å². The van der Waals surface area contributed by atoms with Crippen LogP contribution in [0.1, 0.15) is 25.7 Å². The SMILES string of the molecule is COCC1(C(=O)N2CCC3C(CCCN3C)C2)CCNC1. The summed E-state index contributed by atoms with van der Waals surface area (Å²) in [6, 6.07) is 0.683. The molecule has 3 aliphatic heterocycles. The molecule has 3 heterocycles. The van der Waals surface area contributed by atoms with Crippen LogP contribution in [0.3, 0.4) is 0 Å². The summed E-state index contributed by atoms with van der Waals surface area (Å²) in [6.45, 7) is 5.31. The second-order valence-corrected chi connectivity index (χ2v) is 7.13. The first kappa shape index (κ1) is 15.3. The van der Waals surface area contributed by atoms with E-state index in [4.69, 9.17) is 4.74 Å². The van der Waals surface area contributed by atoms with Gasteiger partial charge in [-0.3, -0.25) is 4.79 Å². The number of carbonyl (C=O) groups is 1. The third-order valence-corrected chi connectivity index (χ3v) is 5.75. The molecule has 5 nitrogen and oxygen atoms in total. The first-order valence-corrected chi connectivity index (χ1v) is 8.35. The lowest BCUT2D eigenvalue weighted by Crippen LogP contribution is -2.57. The predicted octanol–water partition coefficient (Wildman–Crippen LogP) is 0.555. The molecular formula is C16H29N3O2. The van der Waals surface area contributed by atoms with Gasteiger partial charge in [-0.2, -0.15) is 0 Å². The van der Waals surface area contributed by atoms with Gasteiger partial charge in [0.15, 0.2) is 0 Å². The zero-order valence-electron chi connectivity index (χ0n) is 13.4. The van der Waals surface area contributed by atoms with Crippen LogP contribution in [0.5, 0.6) is 0 Å². The molecule has 1 N–H and O–H groups in total. The lowest BCUT2D eigenvalue weighted by molar-refractivity contribution is -0.147. The molecule has 0 aromatic rings. The van der Waals surface area contributed by atoms with E-state index in [1.807, 2.05) is 0 Å². The Hall–Kier alpha value is -0.650. The average Bonchev–Trinajstić information content (AvgIpc) is 2.96. The number of carbonyl (C=O) groups excluding carboxylic acids is 1. The van der Waals surface area contributed by atoms with Crippen molar-refractivity contribution in [1.29, 1.82) is 0 Å². The van der Waals surface area contributed by atoms with Gasteiger partial charge in [0.2, 0.25) is 5.91 Å². The summed E-state index contributed by atoms with van der Waals surface area (Å²) in [5.41, 5.74) is -0.317. The predicted molar refractivity (Wildman–Crippen MR) is 82.1 cm³/mol. The minimum absolute atomic E-state index is 0.317. The number of piperidine rings is 2. The summed E-state index contributed by atoms with van der Waals surface area (Å²) >= 11 is 0. The van der Waals surface area contributed by atoms with E-state index in [-0.39, 0.29) is 5.41 Å². The molecule has 0 spiro atoms. The van der Waals surface area contributed by atoms with E-state index in [2.05, 4.69) is 22.2 Å². The van der Waals surface area contributed by atoms with Crippen LogP contribution < -0.4 is 5.32 Å². The molecule has 3 fully saturated rings. The van der Waals surface area contributed by atoms with E-state index in [0.29, 0.717) is 24.5 Å². The summed E-state index contributed by atoms with van der Waals surface area (Å²) in [5, 5.41) is 3.35. The van der Waals surface area contributed by atoms with Gasteiger partial charge in [-0.1, -0.05) is 0 Å². The van der Waals surface area contributed by atoms with Gasteiger partial charge in [0.05, 0.1) is 12.0 Å². The van der Waals surface area contributed by atoms with Gasteiger partial charge >= 0.3 is 0 Å². The second kappa shape index (κ2) is 6.23. The quantitative estimate of drug-likeness (QED) is 0.826. The number of nitrogens with zero attached hydrogens (tertiary/aromatic N) is 2. The number of likely N-dealkylation sites (tertiary alicyclic amines) is 2. The van der Waals surface area contributed by atoms with Crippen LogP contribution in [0.25, 0.3) is 0 Å². The number of nitrogens with one attached hydrogen (secondary N) is 1. The van der Waals surface area contributed by atoms with Crippen molar-refractivity contribution in [3.63, 3.8) is 0 Å². The number of hydrogen-bond donors (Lipinski definition) is 1. The molecule has 120 valence electrons. The molecule has 0 saturated carbocycles. The number of amides is 1. The second-order valence-electron chi connectivity index (χ2n) is 7.13. The summed E-state index contributed by atoms with van der Waals surface area (Å²) in [4.78, 5) is 17.7. The van der Waals surface area contributed by atoms with Crippen LogP contribution in [0, 0.1) is 11.3 Å². The van der Waals surface area contributed by atoms with Crippen molar-refractivity contribution in [2.24, 2.45) is 11.3 Å². The normalized spacial score (nSPS) is 37.5. The Labute approximate surface area is 128 Å². The van der Waals surface area contributed by atoms with Gasteiger partial charge < -0.3 is 19.9 Å². The standard InChI is InChI=1S/C16H29N3O2/c1-18-8-3-4-13-10-19(9-5-14(13)18)15(20)16(12-21-2)6-7-17-11-16/h13-14,17H,3-12H2,1-2H3. The van der Waals surface area contributed by atoms with Gasteiger partial charge in [-0.15, -0.1) is 0 Å². The van der Waals surface area contributed by atoms with Gasteiger partial charge in [0, 0.05) is 32.8 Å². The van der Waals surface area contributed by atoms with Crippen molar-refractivity contribution < 1.29 is 9.53 Å². The Kier molecular flexibility index (Phi) is 4.52. The molecule has 3 saturated heterocycles. The number of ether oxygens (including phenoxy) is 1. The van der Waals surface area contributed by atoms with Crippen LogP contribution in [0.2, 0.25) is 0 Å². The monoisotopic (exact) mass is 295 g/mol. The molecule has 5 heteroatoms. The molecule has 0 aromatic carbocycles. The lowest BCUT2D eigenvalue weighted by atomic mass is 9.81. The number of methoxy groups -OCH3 is 1. The summed E-state index contributed by atoms with van der Waals surface area (Å²) in [6.07, 6.45) is 4.58. The molecule has 0 aromatic heterocycles. The van der Waals surface area contributed by atoms with E-state index in [1.165, 1.54) is 19.4 Å². The van der Waals surface area contributed by atoms with Crippen molar-refractivity contribution in [2.75, 3.05) is 53.5 Å². The lowest BCUT2D eigenvalue weighted by Gasteiger charge is -2.47. The fourth-order valence-electron chi connectivity index (χ4n) is 4.56. The molecule has 0 aliphatic carbocycles. The van der Waals surface area contributed by atoms with Crippen LogP contribution in [-0.4, -0.2) is 75.2 Å². The van der Waals surface area contributed by atoms with E-state index < -0.39 is 0 Å². The zero-order chi connectivity index (χ0) is 14.9. The zero-order valence-corrected chi connectivity index (χ0v) is 13.4. The van der Waals surface area contributed by atoms with E-state index in [1.54, 1.807) is 7.11 Å². The minimum Gasteiger partial charge on any atom is -0.384 e. The third kappa shape index (κ3) is 2.83. The number of rotatable bonds is 3. The fourth-order valence-corrected chi connectivity index (χ4v) is 4.56. The largest absolute Gasteiger partial charge is 0.384 e. The molecule has 1 amide bonds. The maximum absolute atomic E-state index is 13.1. The third-order valence-electron chi connectivity index (χ3n) is 5.75. The molecule has 21 heavy (non-hydrogen) atoms. The Morgan fingerprint density at radius 1 is 1.38 bits per heavy atom. The van der Waals surface area contributed by atoms with Crippen molar-refractivity contribution in [3.05, 3.63) is 0 Å². The van der Waals surface area contributed by atoms with Crippen molar-refractivity contribution in [1.82, 2.24) is 15.1 Å². The van der Waals surface area contributed by atoms with Gasteiger partial charge in [-0.05, 0) is 51.7 Å². The maximum Gasteiger partial charge on any atom is 0.232 e. The molecule has 0 bridgehead atoms. The van der Waals surface area contributed by atoms with Crippen LogP contribution in [-0.2, 0) is 9.53 Å². The Morgan fingerprint density at radius 2 is 2.24 bits per heavy atom. The van der Waals surface area contributed by atoms with Gasteiger partial charge in [0.1, 0.15) is 0 Å². The first-order valence-electron chi connectivity index (χ1n) is 8.35. The smallest absolute Gasteiger partial charge is 0.232 e. The Balaban J connectivity index is 1.68. The average molecular weight is 295 g/mol. The topological polar surface area (TPSA) is 44.8 Å². The molecule has 3 atom stereocenters. The Bertz CT molecular complexity index is 382. The van der Waals surface area contributed by atoms with Crippen molar-refractivity contribution in [2.45, 2.75) is 31.7 Å². The highest BCUT2D eigenvalue weighted by molar-refractivity contribution is 5.83. The van der Waals surface area contributed by atoms with E-state index >= 15 is 0 Å². The van der Waals surface area contributed by atoms with Crippen LogP contribution in [0.15, 0.2) is 0 Å². The molecule has 3 aliphatic rings. The first-order chi connectivity index (χ1) is 10.2. The number of hydrogen-bond acceptors (Lipinski definition) is 4. The highest BCUT2D eigenvalue weighted by atomic mass is 16.5. The minimum atomic E-state index is -0.317. The summed E-state index contributed by atoms with van der Waals surface area (Å²) in [5.74, 6) is 0.983. The van der Waals surface area contributed by atoms with Crippen LogP contribution in [0.4, 0.5) is 0 Å². The highest BCUT2D eigenvalue weighted by Gasteiger charge is 2.46. The van der Waals surface area contributed by atoms with Crippen molar-refractivity contribution in [3.8, 4) is 0 Å². The molecule has 3 rings (SSSR count). The van der Waals surface area contributed by atoms with E-state index in [0.717, 1.165) is 39.0 Å². The Morgan fingerprint density at radius 3 is 2.95 bits per heavy atom. The fraction of sp³-hybridized carbons (Fsp3) is 0.938. The summed E-state index contributed by atoms with van der Waals surface area (Å²) in [7, 11) is 3.94. The number of fused-ring (bicyclic) bond motifs is 1. The highest BCUT2D eigenvalue weighted by Crippen LogP contribution is 2.34. The molecule has 0 radical (unpaired) electrons. The molecule has 3 unspecified atom stereocenters. The summed E-state index contributed by atoms with van der Waals surface area (Å²) < 4.78 is 5.37.